The van der Waals surface area contributed by atoms with E-state index < -0.39 is 41.8 Å². The van der Waals surface area contributed by atoms with Crippen LogP contribution in [0.4, 0.5) is 0 Å². The molecule has 9 nitrogen and oxygen atoms in total. The lowest BCUT2D eigenvalue weighted by Gasteiger charge is -2.28. The molecule has 0 radical (unpaired) electrons. The Balaban J connectivity index is 3.33. The van der Waals surface area contributed by atoms with Crippen molar-refractivity contribution in [1.82, 2.24) is 0 Å². The third kappa shape index (κ3) is 10.9. The summed E-state index contributed by atoms with van der Waals surface area (Å²) in [5.41, 5.74) is 6.44. The fourth-order valence-corrected chi connectivity index (χ4v) is 3.45. The van der Waals surface area contributed by atoms with Crippen LogP contribution in [0.25, 0.3) is 0 Å². The molecule has 0 spiro atoms. The molecule has 9 heteroatoms. The zero-order valence-corrected chi connectivity index (χ0v) is 21.5. The van der Waals surface area contributed by atoms with Crippen LogP contribution in [0, 0.1) is 17.8 Å². The van der Waals surface area contributed by atoms with Gasteiger partial charge in [-0.2, -0.15) is 0 Å². The van der Waals surface area contributed by atoms with Gasteiger partial charge in [0.2, 0.25) is 0 Å². The minimum atomic E-state index is -1.32. The van der Waals surface area contributed by atoms with Gasteiger partial charge in [0.05, 0.1) is 6.61 Å². The molecule has 2 unspecified atom stereocenters. The molecule has 0 aliphatic heterocycles. The van der Waals surface area contributed by atoms with Crippen LogP contribution < -0.4 is 15.2 Å². The number of nitrogens with two attached hydrogens (primary N) is 1. The maximum atomic E-state index is 12.5. The number of carboxylic acids is 1. The number of hydrogen-bond acceptors (Lipinski definition) is 8. The van der Waals surface area contributed by atoms with E-state index in [0.717, 1.165) is 0 Å². The van der Waals surface area contributed by atoms with Crippen molar-refractivity contribution in [1.29, 1.82) is 0 Å². The van der Waals surface area contributed by atoms with Crippen molar-refractivity contribution in [2.45, 2.75) is 79.2 Å². The first-order valence-electron chi connectivity index (χ1n) is 12.0. The molecule has 3 atom stereocenters. The molecule has 35 heavy (non-hydrogen) atoms. The van der Waals surface area contributed by atoms with Crippen LogP contribution in [-0.4, -0.2) is 41.6 Å². The zero-order valence-electron chi connectivity index (χ0n) is 21.5. The maximum Gasteiger partial charge on any atom is 0.321 e. The van der Waals surface area contributed by atoms with Crippen LogP contribution >= 0.6 is 0 Å². The third-order valence-electron chi connectivity index (χ3n) is 5.49. The number of carbonyl (C=O) groups is 4. The van der Waals surface area contributed by atoms with E-state index in [1.807, 2.05) is 27.7 Å². The summed E-state index contributed by atoms with van der Waals surface area (Å²) >= 11 is 0. The van der Waals surface area contributed by atoms with Crippen molar-refractivity contribution in [3.63, 3.8) is 0 Å². The number of ether oxygens (including phenoxy) is 3. The average molecular weight is 494 g/mol. The molecule has 196 valence electrons. The van der Waals surface area contributed by atoms with Crippen LogP contribution in [0.2, 0.25) is 0 Å². The number of rotatable bonds is 14. The second kappa shape index (κ2) is 14.5. The summed E-state index contributed by atoms with van der Waals surface area (Å²) in [6.07, 6.45) is 1.63. The third-order valence-corrected chi connectivity index (χ3v) is 5.49. The van der Waals surface area contributed by atoms with E-state index in [1.54, 1.807) is 13.0 Å². The average Bonchev–Trinajstić information content (AvgIpc) is 2.76. The first-order valence-corrected chi connectivity index (χ1v) is 12.0. The fourth-order valence-electron chi connectivity index (χ4n) is 3.45. The van der Waals surface area contributed by atoms with E-state index in [2.05, 4.69) is 0 Å². The molecule has 0 saturated carbocycles. The molecule has 1 aromatic carbocycles. The van der Waals surface area contributed by atoms with E-state index in [4.69, 9.17) is 19.9 Å². The summed E-state index contributed by atoms with van der Waals surface area (Å²) in [7, 11) is 0. The van der Waals surface area contributed by atoms with Crippen LogP contribution in [0.1, 0.15) is 78.7 Å². The topological polar surface area (TPSA) is 142 Å². The molecule has 0 aromatic heterocycles. The van der Waals surface area contributed by atoms with E-state index in [-0.39, 0.29) is 30.9 Å². The number of carboxylic acid groups (broad SMARTS) is 1. The number of hydrogen-bond donors (Lipinski definition) is 2. The van der Waals surface area contributed by atoms with Crippen molar-refractivity contribution in [3.05, 3.63) is 23.8 Å². The Labute approximate surface area is 207 Å². The van der Waals surface area contributed by atoms with E-state index in [9.17, 15) is 24.3 Å². The van der Waals surface area contributed by atoms with Crippen molar-refractivity contribution < 1.29 is 38.5 Å². The molecule has 0 fully saturated rings. The Morgan fingerprint density at radius 2 is 1.40 bits per heavy atom. The highest BCUT2D eigenvalue weighted by Crippen LogP contribution is 2.36. The highest BCUT2D eigenvalue weighted by Gasteiger charge is 2.32. The standard InChI is InChI=1S/C26H39NO8/c1-15(2)7-11-22(29)34-20-10-9-19(13-21(20)35-23(30)12-8-16(3)4)24(25(27)26(31)32)17(5)14-33-18(6)28/h9-10,13,15-17,24-25H,7-8,11-12,14,27H2,1-6H3,(H,31,32)/t17?,24?,25-/m0/s1. The van der Waals surface area contributed by atoms with Gasteiger partial charge in [-0.15, -0.1) is 0 Å². The molecule has 0 aliphatic rings. The molecule has 1 rings (SSSR count). The van der Waals surface area contributed by atoms with Gasteiger partial charge in [0.15, 0.2) is 11.5 Å². The highest BCUT2D eigenvalue weighted by atomic mass is 16.6. The summed E-state index contributed by atoms with van der Waals surface area (Å²) in [4.78, 5) is 47.8. The Bertz CT molecular complexity index is 880. The summed E-state index contributed by atoms with van der Waals surface area (Å²) in [5.74, 6) is -3.24. The van der Waals surface area contributed by atoms with Crippen LogP contribution in [-0.2, 0) is 23.9 Å². The number of esters is 3. The minimum Gasteiger partial charge on any atom is -0.480 e. The molecule has 3 N–H and O–H groups in total. The fraction of sp³-hybridized carbons (Fsp3) is 0.615. The van der Waals surface area contributed by atoms with Gasteiger partial charge in [-0.1, -0.05) is 40.7 Å². The smallest absolute Gasteiger partial charge is 0.321 e. The normalized spacial score (nSPS) is 13.7. The van der Waals surface area contributed by atoms with Gasteiger partial charge < -0.3 is 25.1 Å². The molecule has 0 heterocycles. The van der Waals surface area contributed by atoms with Gasteiger partial charge >= 0.3 is 23.9 Å². The first kappa shape index (κ1) is 30.1. The first-order chi connectivity index (χ1) is 16.3. The van der Waals surface area contributed by atoms with Gasteiger partial charge in [0.1, 0.15) is 6.04 Å². The predicted molar refractivity (Wildman–Crippen MR) is 130 cm³/mol. The molecule has 0 saturated heterocycles. The van der Waals surface area contributed by atoms with Gasteiger partial charge in [0, 0.05) is 25.7 Å². The summed E-state index contributed by atoms with van der Waals surface area (Å²) in [5, 5.41) is 9.57. The minimum absolute atomic E-state index is 0.0106. The lowest BCUT2D eigenvalue weighted by molar-refractivity contribution is -0.143. The van der Waals surface area contributed by atoms with Gasteiger partial charge in [-0.25, -0.2) is 0 Å². The van der Waals surface area contributed by atoms with Crippen LogP contribution in [0.3, 0.4) is 0 Å². The van der Waals surface area contributed by atoms with Crippen LogP contribution in [0.5, 0.6) is 11.5 Å². The molecular weight excluding hydrogens is 454 g/mol. The van der Waals surface area contributed by atoms with E-state index in [0.29, 0.717) is 30.2 Å². The Hall–Kier alpha value is -2.94. The summed E-state index contributed by atoms with van der Waals surface area (Å²) in [6, 6.07) is 3.20. The van der Waals surface area contributed by atoms with E-state index >= 15 is 0 Å². The van der Waals surface area contributed by atoms with Gasteiger partial charge in [-0.05, 0) is 48.3 Å². The SMILES string of the molecule is CC(=O)OCC(C)C(c1ccc(OC(=O)CCC(C)C)c(OC(=O)CCC(C)C)c1)[C@H](N)C(=O)O. The van der Waals surface area contributed by atoms with Gasteiger partial charge in [-0.3, -0.25) is 19.2 Å². The lowest BCUT2D eigenvalue weighted by atomic mass is 9.82. The second-order valence-electron chi connectivity index (χ2n) is 9.69. The predicted octanol–water partition coefficient (Wildman–Crippen LogP) is 4.06. The van der Waals surface area contributed by atoms with Gasteiger partial charge in [0.25, 0.3) is 0 Å². The largest absolute Gasteiger partial charge is 0.480 e. The zero-order chi connectivity index (χ0) is 26.7. The number of aliphatic carboxylic acids is 1. The van der Waals surface area contributed by atoms with Crippen molar-refractivity contribution in [3.8, 4) is 11.5 Å². The second-order valence-corrected chi connectivity index (χ2v) is 9.69. The highest BCUT2D eigenvalue weighted by molar-refractivity contribution is 5.77. The molecule has 1 aromatic rings. The van der Waals surface area contributed by atoms with Crippen LogP contribution in [0.15, 0.2) is 18.2 Å². The molecule has 0 aliphatic carbocycles. The Morgan fingerprint density at radius 3 is 1.86 bits per heavy atom. The summed E-state index contributed by atoms with van der Waals surface area (Å²) in [6.45, 7) is 10.9. The maximum absolute atomic E-state index is 12.5. The number of carbonyl (C=O) groups excluding carboxylic acids is 3. The monoisotopic (exact) mass is 493 g/mol. The lowest BCUT2D eigenvalue weighted by Crippen LogP contribution is -2.40. The Morgan fingerprint density at radius 1 is 0.886 bits per heavy atom. The van der Waals surface area contributed by atoms with Crippen molar-refractivity contribution in [2.75, 3.05) is 6.61 Å². The molecule has 0 bridgehead atoms. The van der Waals surface area contributed by atoms with Crippen molar-refractivity contribution in [2.24, 2.45) is 23.5 Å². The summed E-state index contributed by atoms with van der Waals surface area (Å²) < 4.78 is 16.1. The number of benzene rings is 1. The molecule has 0 amide bonds. The van der Waals surface area contributed by atoms with E-state index in [1.165, 1.54) is 19.1 Å². The Kier molecular flexibility index (Phi) is 12.4. The molecular formula is C26H39NO8. The van der Waals surface area contributed by atoms with Crippen molar-refractivity contribution >= 4 is 23.9 Å². The quantitative estimate of drug-likeness (QED) is 0.290.